The van der Waals surface area contributed by atoms with Crippen molar-refractivity contribution < 1.29 is 27.1 Å². The summed E-state index contributed by atoms with van der Waals surface area (Å²) in [7, 11) is 1.68. The standard InChI is InChI=1S/C24H24F4N4O2/c1-14-9-17(5-6-20(14)25)21(16-3-4-16)30-22(33)18-10-15(11-19(12-18)34-24(26,27)28)13-32-8-7-31(2)23(32)29/h5-12,16,21,29H,3-4,13H2,1-2H3,(H,30,33). The van der Waals surface area contributed by atoms with Gasteiger partial charge in [-0.3, -0.25) is 10.2 Å². The summed E-state index contributed by atoms with van der Waals surface area (Å²) in [5.74, 6) is -1.25. The molecule has 1 amide bonds. The molecule has 34 heavy (non-hydrogen) atoms. The molecule has 1 saturated carbocycles. The van der Waals surface area contributed by atoms with Crippen molar-refractivity contribution in [3.05, 3.63) is 82.5 Å². The van der Waals surface area contributed by atoms with E-state index in [-0.39, 0.29) is 35.5 Å². The highest BCUT2D eigenvalue weighted by Gasteiger charge is 2.35. The van der Waals surface area contributed by atoms with Crippen LogP contribution >= 0.6 is 0 Å². The molecule has 1 heterocycles. The molecule has 1 aliphatic carbocycles. The first-order valence-electron chi connectivity index (χ1n) is 10.7. The van der Waals surface area contributed by atoms with Gasteiger partial charge in [-0.1, -0.05) is 12.1 Å². The number of carbonyl (C=O) groups excluding carboxylic acids is 1. The van der Waals surface area contributed by atoms with Crippen LogP contribution in [0.3, 0.4) is 0 Å². The summed E-state index contributed by atoms with van der Waals surface area (Å²) in [5, 5.41) is 11.0. The van der Waals surface area contributed by atoms with Gasteiger partial charge in [-0.25, -0.2) is 4.39 Å². The highest BCUT2D eigenvalue weighted by atomic mass is 19.4. The van der Waals surface area contributed by atoms with Crippen LogP contribution in [-0.2, 0) is 13.6 Å². The number of aromatic nitrogens is 2. The number of hydrogen-bond donors (Lipinski definition) is 2. The van der Waals surface area contributed by atoms with E-state index in [4.69, 9.17) is 5.41 Å². The van der Waals surface area contributed by atoms with Crippen molar-refractivity contribution in [1.29, 1.82) is 5.41 Å². The molecule has 180 valence electrons. The van der Waals surface area contributed by atoms with Gasteiger partial charge in [-0.2, -0.15) is 0 Å². The van der Waals surface area contributed by atoms with Crippen LogP contribution in [0.4, 0.5) is 17.6 Å². The number of ether oxygens (including phenoxy) is 1. The van der Waals surface area contributed by atoms with Crippen LogP contribution < -0.4 is 15.7 Å². The number of aryl methyl sites for hydroxylation is 2. The minimum atomic E-state index is -4.92. The fraction of sp³-hybridized carbons (Fsp3) is 0.333. The minimum Gasteiger partial charge on any atom is -0.406 e. The predicted molar refractivity (Wildman–Crippen MR) is 116 cm³/mol. The molecule has 1 fully saturated rings. The molecule has 2 aromatic carbocycles. The van der Waals surface area contributed by atoms with Crippen LogP contribution in [0.1, 0.15) is 45.9 Å². The number of imidazole rings is 1. The van der Waals surface area contributed by atoms with Crippen LogP contribution in [0, 0.1) is 24.1 Å². The Morgan fingerprint density at radius 2 is 1.94 bits per heavy atom. The number of nitrogens with zero attached hydrogens (tertiary/aromatic N) is 2. The molecule has 10 heteroatoms. The molecule has 0 radical (unpaired) electrons. The summed E-state index contributed by atoms with van der Waals surface area (Å²) in [6, 6.07) is 7.98. The van der Waals surface area contributed by atoms with Gasteiger partial charge in [0.1, 0.15) is 11.6 Å². The van der Waals surface area contributed by atoms with Crippen molar-refractivity contribution >= 4 is 5.91 Å². The Morgan fingerprint density at radius 3 is 2.53 bits per heavy atom. The first-order valence-corrected chi connectivity index (χ1v) is 10.7. The molecule has 0 spiro atoms. The maximum Gasteiger partial charge on any atom is 0.573 e. The Kier molecular flexibility index (Phi) is 6.24. The number of hydrogen-bond acceptors (Lipinski definition) is 3. The van der Waals surface area contributed by atoms with Gasteiger partial charge in [0.2, 0.25) is 5.62 Å². The van der Waals surface area contributed by atoms with E-state index < -0.39 is 18.0 Å². The van der Waals surface area contributed by atoms with Crippen LogP contribution in [-0.4, -0.2) is 21.4 Å². The predicted octanol–water partition coefficient (Wildman–Crippen LogP) is 4.58. The zero-order valence-corrected chi connectivity index (χ0v) is 18.6. The van der Waals surface area contributed by atoms with E-state index in [9.17, 15) is 22.4 Å². The Labute approximate surface area is 193 Å². The van der Waals surface area contributed by atoms with Crippen molar-refractivity contribution in [3.8, 4) is 5.75 Å². The largest absolute Gasteiger partial charge is 0.573 e. The summed E-state index contributed by atoms with van der Waals surface area (Å²) >= 11 is 0. The SMILES string of the molecule is Cc1cc(C(NC(=O)c2cc(Cn3ccn(C)c3=N)cc(OC(F)(F)F)c2)C2CC2)ccc1F. The third kappa shape index (κ3) is 5.49. The fourth-order valence-corrected chi connectivity index (χ4v) is 3.91. The lowest BCUT2D eigenvalue weighted by atomic mass is 9.99. The van der Waals surface area contributed by atoms with Gasteiger partial charge in [0.25, 0.3) is 5.91 Å². The van der Waals surface area contributed by atoms with Gasteiger partial charge < -0.3 is 19.2 Å². The van der Waals surface area contributed by atoms with E-state index in [1.807, 2.05) is 0 Å². The first kappa shape index (κ1) is 23.6. The van der Waals surface area contributed by atoms with Gasteiger partial charge in [0.05, 0.1) is 12.6 Å². The maximum atomic E-state index is 13.7. The van der Waals surface area contributed by atoms with Gasteiger partial charge in [-0.05, 0) is 66.6 Å². The monoisotopic (exact) mass is 476 g/mol. The average Bonchev–Trinajstić information content (AvgIpc) is 3.55. The third-order valence-electron chi connectivity index (χ3n) is 5.81. The van der Waals surface area contributed by atoms with E-state index >= 15 is 0 Å². The van der Waals surface area contributed by atoms with Crippen molar-refractivity contribution in [3.63, 3.8) is 0 Å². The summed E-state index contributed by atoms with van der Waals surface area (Å²) in [5.41, 5.74) is 1.72. The van der Waals surface area contributed by atoms with E-state index in [1.165, 1.54) is 22.8 Å². The van der Waals surface area contributed by atoms with Crippen LogP contribution in [0.15, 0.2) is 48.8 Å². The molecule has 1 unspecified atom stereocenters. The normalized spacial score (nSPS) is 14.6. The Balaban J connectivity index is 1.64. The van der Waals surface area contributed by atoms with E-state index in [0.29, 0.717) is 11.1 Å². The minimum absolute atomic E-state index is 0.00398. The Morgan fingerprint density at radius 1 is 1.21 bits per heavy atom. The fourth-order valence-electron chi connectivity index (χ4n) is 3.91. The highest BCUT2D eigenvalue weighted by molar-refractivity contribution is 5.95. The molecule has 4 rings (SSSR count). The summed E-state index contributed by atoms with van der Waals surface area (Å²) in [6.07, 6.45) is 0.132. The molecule has 1 atom stereocenters. The highest BCUT2D eigenvalue weighted by Crippen LogP contribution is 2.41. The lowest BCUT2D eigenvalue weighted by molar-refractivity contribution is -0.274. The van der Waals surface area contributed by atoms with Gasteiger partial charge in [0, 0.05) is 25.0 Å². The molecular formula is C24H24F4N4O2. The van der Waals surface area contributed by atoms with Gasteiger partial charge in [0.15, 0.2) is 0 Å². The van der Waals surface area contributed by atoms with E-state index in [2.05, 4.69) is 10.1 Å². The lowest BCUT2D eigenvalue weighted by Crippen LogP contribution is -2.30. The average molecular weight is 476 g/mol. The molecule has 1 aliphatic rings. The van der Waals surface area contributed by atoms with Gasteiger partial charge in [-0.15, -0.1) is 13.2 Å². The Bertz CT molecular complexity index is 1270. The van der Waals surface area contributed by atoms with Crippen LogP contribution in [0.2, 0.25) is 0 Å². The van der Waals surface area contributed by atoms with Crippen molar-refractivity contribution in [1.82, 2.24) is 14.5 Å². The number of carbonyl (C=O) groups is 1. The second-order valence-corrected chi connectivity index (χ2v) is 8.57. The van der Waals surface area contributed by atoms with Gasteiger partial charge >= 0.3 is 6.36 Å². The molecule has 1 aromatic heterocycles. The zero-order valence-electron chi connectivity index (χ0n) is 18.6. The molecule has 2 N–H and O–H groups in total. The number of nitrogens with one attached hydrogen (secondary N) is 2. The summed E-state index contributed by atoms with van der Waals surface area (Å²) < 4.78 is 59.7. The first-order chi connectivity index (χ1) is 16.0. The zero-order chi connectivity index (χ0) is 24.6. The van der Waals surface area contributed by atoms with E-state index in [0.717, 1.165) is 24.5 Å². The number of halogens is 4. The van der Waals surface area contributed by atoms with Crippen LogP contribution in [0.25, 0.3) is 0 Å². The number of alkyl halides is 3. The van der Waals surface area contributed by atoms with E-state index in [1.54, 1.807) is 43.1 Å². The molecule has 0 aliphatic heterocycles. The second-order valence-electron chi connectivity index (χ2n) is 8.57. The number of rotatable bonds is 7. The van der Waals surface area contributed by atoms with Crippen LogP contribution in [0.5, 0.6) is 5.75 Å². The molecule has 3 aromatic rings. The van der Waals surface area contributed by atoms with Crippen molar-refractivity contribution in [2.75, 3.05) is 0 Å². The molecule has 6 nitrogen and oxygen atoms in total. The summed E-state index contributed by atoms with van der Waals surface area (Å²) in [4.78, 5) is 13.1. The molecule has 0 bridgehead atoms. The molecular weight excluding hydrogens is 452 g/mol. The Hall–Kier alpha value is -3.56. The topological polar surface area (TPSA) is 72.0 Å². The quantitative estimate of drug-likeness (QED) is 0.490. The third-order valence-corrected chi connectivity index (χ3v) is 5.81. The number of benzene rings is 2. The second kappa shape index (κ2) is 9.00. The van der Waals surface area contributed by atoms with Crippen molar-refractivity contribution in [2.45, 2.75) is 38.7 Å². The summed E-state index contributed by atoms with van der Waals surface area (Å²) in [6.45, 7) is 1.72. The maximum absolute atomic E-state index is 13.7. The smallest absolute Gasteiger partial charge is 0.406 e. The number of amides is 1. The lowest BCUT2D eigenvalue weighted by Gasteiger charge is -2.20. The van der Waals surface area contributed by atoms with Crippen molar-refractivity contribution in [2.24, 2.45) is 13.0 Å². The molecule has 0 saturated heterocycles.